The molecule has 2 heterocycles. The molecule has 0 unspecified atom stereocenters. The van der Waals surface area contributed by atoms with E-state index in [1.165, 1.54) is 24.4 Å². The molecule has 10 nitrogen and oxygen atoms in total. The van der Waals surface area contributed by atoms with Crippen LogP contribution in [0.3, 0.4) is 0 Å². The van der Waals surface area contributed by atoms with Gasteiger partial charge < -0.3 is 15.5 Å². The standard InChI is InChI=1S/C22H15N7O3/c23-12-15-19(13-5-2-1-3-6-13)26-22(27-21(15)32)25-14-8-9-17(30)16(11-14)28-29-20-18(31)7-4-10-24-20/h1-11,30-31H,(H2,25,26,27,32). The van der Waals surface area contributed by atoms with Gasteiger partial charge in [0.2, 0.25) is 11.8 Å². The van der Waals surface area contributed by atoms with Crippen molar-refractivity contribution in [1.82, 2.24) is 15.0 Å². The van der Waals surface area contributed by atoms with Gasteiger partial charge in [0.05, 0.1) is 5.69 Å². The highest BCUT2D eigenvalue weighted by Gasteiger charge is 2.14. The van der Waals surface area contributed by atoms with Crippen LogP contribution in [0.5, 0.6) is 11.5 Å². The van der Waals surface area contributed by atoms with Gasteiger partial charge in [0.1, 0.15) is 23.1 Å². The first-order chi connectivity index (χ1) is 15.5. The number of nitriles is 1. The summed E-state index contributed by atoms with van der Waals surface area (Å²) in [6.07, 6.45) is 1.45. The lowest BCUT2D eigenvalue weighted by Crippen LogP contribution is -2.16. The van der Waals surface area contributed by atoms with Crippen molar-refractivity contribution in [2.45, 2.75) is 0 Å². The number of hydrogen-bond donors (Lipinski definition) is 4. The molecule has 0 saturated heterocycles. The van der Waals surface area contributed by atoms with Gasteiger partial charge in [-0.3, -0.25) is 9.78 Å². The van der Waals surface area contributed by atoms with Crippen LogP contribution >= 0.6 is 0 Å². The summed E-state index contributed by atoms with van der Waals surface area (Å²) in [5, 5.41) is 39.9. The van der Waals surface area contributed by atoms with Crippen molar-refractivity contribution in [1.29, 1.82) is 5.26 Å². The summed E-state index contributed by atoms with van der Waals surface area (Å²) in [7, 11) is 0. The van der Waals surface area contributed by atoms with Crippen LogP contribution in [0.4, 0.5) is 23.1 Å². The Kier molecular flexibility index (Phi) is 5.54. The lowest BCUT2D eigenvalue weighted by molar-refractivity contribution is 0.472. The Morgan fingerprint density at radius 3 is 2.56 bits per heavy atom. The van der Waals surface area contributed by atoms with Crippen LogP contribution in [-0.2, 0) is 0 Å². The molecule has 0 aliphatic rings. The fourth-order valence-electron chi connectivity index (χ4n) is 2.83. The molecule has 32 heavy (non-hydrogen) atoms. The predicted molar refractivity (Wildman–Crippen MR) is 116 cm³/mol. The summed E-state index contributed by atoms with van der Waals surface area (Å²) in [4.78, 5) is 23.2. The number of hydrogen-bond acceptors (Lipinski definition) is 9. The Morgan fingerprint density at radius 1 is 1.00 bits per heavy atom. The van der Waals surface area contributed by atoms with Gasteiger partial charge in [0, 0.05) is 17.4 Å². The van der Waals surface area contributed by atoms with E-state index in [0.717, 1.165) is 0 Å². The monoisotopic (exact) mass is 425 g/mol. The quantitative estimate of drug-likeness (QED) is 0.274. The maximum atomic E-state index is 12.4. The van der Waals surface area contributed by atoms with Gasteiger partial charge in [-0.1, -0.05) is 30.3 Å². The van der Waals surface area contributed by atoms with Gasteiger partial charge in [0.15, 0.2) is 5.75 Å². The summed E-state index contributed by atoms with van der Waals surface area (Å²) >= 11 is 0. The van der Waals surface area contributed by atoms with Crippen molar-refractivity contribution in [2.75, 3.05) is 5.32 Å². The summed E-state index contributed by atoms with van der Waals surface area (Å²) in [5.41, 5.74) is 0.704. The Balaban J connectivity index is 1.67. The van der Waals surface area contributed by atoms with Gasteiger partial charge in [-0.15, -0.1) is 10.2 Å². The van der Waals surface area contributed by atoms with Crippen LogP contribution in [-0.4, -0.2) is 25.2 Å². The van der Waals surface area contributed by atoms with Gasteiger partial charge in [-0.2, -0.15) is 5.26 Å². The zero-order valence-electron chi connectivity index (χ0n) is 16.4. The second-order valence-corrected chi connectivity index (χ2v) is 6.49. The zero-order chi connectivity index (χ0) is 22.5. The highest BCUT2D eigenvalue weighted by molar-refractivity contribution is 5.69. The van der Waals surface area contributed by atoms with Crippen LogP contribution in [0.15, 0.2) is 81.9 Å². The second kappa shape index (κ2) is 8.76. The van der Waals surface area contributed by atoms with E-state index < -0.39 is 5.56 Å². The normalized spacial score (nSPS) is 10.7. The molecule has 2 aromatic carbocycles. The van der Waals surface area contributed by atoms with Crippen LogP contribution in [0, 0.1) is 11.3 Å². The first-order valence-corrected chi connectivity index (χ1v) is 9.31. The lowest BCUT2D eigenvalue weighted by atomic mass is 10.1. The summed E-state index contributed by atoms with van der Waals surface area (Å²) < 4.78 is 0. The van der Waals surface area contributed by atoms with Crippen molar-refractivity contribution in [3.8, 4) is 28.8 Å². The number of rotatable bonds is 5. The van der Waals surface area contributed by atoms with Gasteiger partial charge in [0.25, 0.3) is 5.56 Å². The molecule has 0 bridgehead atoms. The van der Waals surface area contributed by atoms with Crippen LogP contribution < -0.4 is 10.9 Å². The Morgan fingerprint density at radius 2 is 1.81 bits per heavy atom. The third kappa shape index (κ3) is 4.27. The van der Waals surface area contributed by atoms with Crippen LogP contribution in [0.25, 0.3) is 11.3 Å². The molecule has 4 N–H and O–H groups in total. The summed E-state index contributed by atoms with van der Waals surface area (Å²) in [6, 6.07) is 18.1. The number of aromatic nitrogens is 3. The number of phenols is 1. The second-order valence-electron chi connectivity index (χ2n) is 6.49. The third-order valence-electron chi connectivity index (χ3n) is 4.34. The van der Waals surface area contributed by atoms with E-state index in [0.29, 0.717) is 11.3 Å². The van der Waals surface area contributed by atoms with Gasteiger partial charge in [-0.05, 0) is 30.3 Å². The fourth-order valence-corrected chi connectivity index (χ4v) is 2.83. The molecule has 0 aliphatic heterocycles. The number of nitrogens with zero attached hydrogens (tertiary/aromatic N) is 5. The highest BCUT2D eigenvalue weighted by Crippen LogP contribution is 2.33. The van der Waals surface area contributed by atoms with E-state index in [2.05, 4.69) is 30.5 Å². The largest absolute Gasteiger partial charge is 0.506 e. The SMILES string of the molecule is N#Cc1c(-c2ccccc2)nc(Nc2ccc(O)c(N=Nc3ncccc3O)c2)[nH]c1=O. The summed E-state index contributed by atoms with van der Waals surface area (Å²) in [6.45, 7) is 0. The molecule has 0 amide bonds. The molecular formula is C22H15N7O3. The van der Waals surface area contributed by atoms with E-state index >= 15 is 0 Å². The number of aromatic amines is 1. The fraction of sp³-hybridized carbons (Fsp3) is 0. The summed E-state index contributed by atoms with van der Waals surface area (Å²) in [5.74, 6) is -0.210. The molecule has 10 heteroatoms. The van der Waals surface area contributed by atoms with E-state index in [1.807, 2.05) is 12.1 Å². The Labute approximate surface area is 181 Å². The predicted octanol–water partition coefficient (Wildman–Crippen LogP) is 4.27. The number of aromatic hydroxyl groups is 2. The number of azo groups is 1. The van der Waals surface area contributed by atoms with Crippen molar-refractivity contribution in [3.63, 3.8) is 0 Å². The number of phenolic OH excluding ortho intramolecular Hbond substituents is 1. The molecule has 0 aliphatic carbocycles. The first-order valence-electron chi connectivity index (χ1n) is 9.31. The average Bonchev–Trinajstić information content (AvgIpc) is 2.80. The number of nitrogens with one attached hydrogen (secondary N) is 2. The van der Waals surface area contributed by atoms with Gasteiger partial charge in [-0.25, -0.2) is 9.97 Å². The lowest BCUT2D eigenvalue weighted by Gasteiger charge is -2.09. The van der Waals surface area contributed by atoms with E-state index in [-0.39, 0.29) is 40.2 Å². The number of anilines is 2. The van der Waals surface area contributed by atoms with E-state index in [1.54, 1.807) is 36.4 Å². The molecule has 2 aromatic heterocycles. The van der Waals surface area contributed by atoms with Crippen molar-refractivity contribution in [3.05, 3.63) is 82.8 Å². The smallest absolute Gasteiger partial charge is 0.270 e. The molecule has 0 fully saturated rings. The zero-order valence-corrected chi connectivity index (χ0v) is 16.4. The maximum absolute atomic E-state index is 12.4. The number of benzene rings is 2. The topological polar surface area (TPSA) is 160 Å². The molecule has 4 aromatic rings. The molecule has 4 rings (SSSR count). The first kappa shape index (κ1) is 20.2. The van der Waals surface area contributed by atoms with Crippen molar-refractivity contribution in [2.24, 2.45) is 10.2 Å². The van der Waals surface area contributed by atoms with E-state index in [9.17, 15) is 20.3 Å². The molecule has 0 saturated carbocycles. The van der Waals surface area contributed by atoms with E-state index in [4.69, 9.17) is 0 Å². The average molecular weight is 425 g/mol. The van der Waals surface area contributed by atoms with Crippen LogP contribution in [0.2, 0.25) is 0 Å². The van der Waals surface area contributed by atoms with Gasteiger partial charge >= 0.3 is 0 Å². The molecule has 0 radical (unpaired) electrons. The Bertz CT molecular complexity index is 1410. The third-order valence-corrected chi connectivity index (χ3v) is 4.34. The van der Waals surface area contributed by atoms with Crippen molar-refractivity contribution >= 4 is 23.1 Å². The minimum absolute atomic E-state index is 0.00384. The number of H-pyrrole nitrogens is 1. The molecule has 0 atom stereocenters. The molecular weight excluding hydrogens is 410 g/mol. The van der Waals surface area contributed by atoms with Crippen molar-refractivity contribution < 1.29 is 10.2 Å². The molecule has 156 valence electrons. The molecule has 0 spiro atoms. The Hall–Kier alpha value is -5.04. The minimum atomic E-state index is -0.590. The number of pyridine rings is 1. The highest BCUT2D eigenvalue weighted by atomic mass is 16.3. The van der Waals surface area contributed by atoms with Crippen LogP contribution in [0.1, 0.15) is 5.56 Å². The maximum Gasteiger partial charge on any atom is 0.270 e. The minimum Gasteiger partial charge on any atom is -0.506 e.